The fourth-order valence-electron chi connectivity index (χ4n) is 7.63. The van der Waals surface area contributed by atoms with Crippen molar-refractivity contribution in [2.24, 2.45) is 17.8 Å². The third-order valence-electron chi connectivity index (χ3n) is 10.1. The van der Waals surface area contributed by atoms with Gasteiger partial charge in [-0.25, -0.2) is 0 Å². The lowest BCUT2D eigenvalue weighted by molar-refractivity contribution is -0.123. The number of aliphatic hydroxyl groups is 2. The van der Waals surface area contributed by atoms with Gasteiger partial charge in [-0.2, -0.15) is 0 Å². The van der Waals surface area contributed by atoms with Crippen molar-refractivity contribution < 1.29 is 29.6 Å². The zero-order valence-corrected chi connectivity index (χ0v) is 29.2. The number of amides is 2. The van der Waals surface area contributed by atoms with E-state index in [2.05, 4.69) is 5.32 Å². The van der Waals surface area contributed by atoms with Crippen LogP contribution in [0.2, 0.25) is 0 Å². The van der Waals surface area contributed by atoms with Gasteiger partial charge in [-0.1, -0.05) is 84.9 Å². The molecule has 4 N–H and O–H groups in total. The molecule has 1 heterocycles. The summed E-state index contributed by atoms with van der Waals surface area (Å²) < 4.78 is 6.19. The first-order chi connectivity index (χ1) is 25.9. The van der Waals surface area contributed by atoms with E-state index in [-0.39, 0.29) is 30.6 Å². The first-order valence-electron chi connectivity index (χ1n) is 17.9. The summed E-state index contributed by atoms with van der Waals surface area (Å²) in [5.41, 5.74) is 6.20. The molecule has 2 aliphatic rings. The molecule has 0 radical (unpaired) electrons. The lowest BCUT2D eigenvalue weighted by Crippen LogP contribution is -2.40. The quantitative estimate of drug-likeness (QED) is 0.0557. The van der Waals surface area contributed by atoms with Crippen molar-refractivity contribution in [1.29, 1.82) is 0 Å². The second-order valence-corrected chi connectivity index (χ2v) is 13.5. The van der Waals surface area contributed by atoms with E-state index in [1.165, 1.54) is 4.90 Å². The van der Waals surface area contributed by atoms with Crippen LogP contribution in [0.15, 0.2) is 151 Å². The average Bonchev–Trinajstić information content (AvgIpc) is 3.44. The van der Waals surface area contributed by atoms with Gasteiger partial charge in [-0.15, -0.1) is 0 Å². The van der Waals surface area contributed by atoms with E-state index < -0.39 is 30.5 Å². The number of hydrogen-bond donors (Lipinski definition) is 4. The van der Waals surface area contributed by atoms with Crippen LogP contribution in [0.5, 0.6) is 11.5 Å². The lowest BCUT2D eigenvalue weighted by Gasteiger charge is -2.36. The van der Waals surface area contributed by atoms with E-state index in [1.807, 2.05) is 115 Å². The van der Waals surface area contributed by atoms with Crippen molar-refractivity contribution >= 4 is 40.5 Å². The van der Waals surface area contributed by atoms with E-state index in [1.54, 1.807) is 30.3 Å². The smallest absolute Gasteiger partial charge is 0.238 e. The fourth-order valence-corrected chi connectivity index (χ4v) is 7.63. The predicted octanol–water partition coefficient (Wildman–Crippen LogP) is 8.01. The Balaban J connectivity index is 1.17. The van der Waals surface area contributed by atoms with Crippen LogP contribution in [0, 0.1) is 17.8 Å². The predicted molar refractivity (Wildman–Crippen MR) is 207 cm³/mol. The summed E-state index contributed by atoms with van der Waals surface area (Å²) >= 11 is 0. The number of aromatic hydroxyl groups is 1. The maximum Gasteiger partial charge on any atom is 0.238 e. The van der Waals surface area contributed by atoms with Gasteiger partial charge in [0.05, 0.1) is 30.2 Å². The number of anilines is 3. The maximum absolute atomic E-state index is 14.2. The molecule has 8 heteroatoms. The molecule has 1 fully saturated rings. The molecule has 7 rings (SSSR count). The number of hydrogen-bond acceptors (Lipinski definition) is 7. The number of nitrogens with zero attached hydrogens (tertiary/aromatic N) is 1. The molecule has 2 amide bonds. The molecule has 0 aromatic heterocycles. The Morgan fingerprint density at radius 2 is 1.47 bits per heavy atom. The minimum Gasteiger partial charge on any atom is -0.508 e. The number of benzene rings is 5. The van der Waals surface area contributed by atoms with E-state index in [9.17, 15) is 24.9 Å². The molecule has 1 aliphatic carbocycles. The molecule has 5 aromatic carbocycles. The summed E-state index contributed by atoms with van der Waals surface area (Å²) in [7, 11) is 0. The number of carbonyl (C=O) groups is 2. The van der Waals surface area contributed by atoms with Gasteiger partial charge in [-0.05, 0) is 108 Å². The van der Waals surface area contributed by atoms with Crippen molar-refractivity contribution in [2.75, 3.05) is 23.4 Å². The zero-order chi connectivity index (χ0) is 36.7. The van der Waals surface area contributed by atoms with Crippen LogP contribution in [0.4, 0.5) is 17.1 Å². The second-order valence-electron chi connectivity index (χ2n) is 13.5. The number of phenolic OH excluding ortho intramolecular Hbond substituents is 1. The lowest BCUT2D eigenvalue weighted by atomic mass is 9.68. The largest absolute Gasteiger partial charge is 0.508 e. The first-order valence-corrected chi connectivity index (χ1v) is 17.9. The Bertz CT molecular complexity index is 2100. The molecular formula is C45H42N2O6. The summed E-state index contributed by atoms with van der Waals surface area (Å²) in [6.45, 7) is -0.317. The van der Waals surface area contributed by atoms with Gasteiger partial charge in [-0.3, -0.25) is 14.5 Å². The minimum atomic E-state index is -1.03. The summed E-state index contributed by atoms with van der Waals surface area (Å²) in [5.74, 6) is -2.25. The van der Waals surface area contributed by atoms with E-state index in [0.29, 0.717) is 35.4 Å². The van der Waals surface area contributed by atoms with E-state index in [0.717, 1.165) is 28.1 Å². The normalized spacial score (nSPS) is 19.2. The van der Waals surface area contributed by atoms with Crippen LogP contribution < -0.4 is 15.0 Å². The number of allylic oxidation sites excluding steroid dienone is 1. The molecule has 1 saturated heterocycles. The number of fused-ring (bicyclic) bond motifs is 1. The second kappa shape index (κ2) is 16.2. The van der Waals surface area contributed by atoms with Gasteiger partial charge in [0.2, 0.25) is 11.8 Å². The Morgan fingerprint density at radius 1 is 0.811 bits per heavy atom. The molecule has 1 aliphatic heterocycles. The number of carbonyl (C=O) groups excluding carboxylic acids is 2. The Labute approximate surface area is 309 Å². The highest BCUT2D eigenvalue weighted by atomic mass is 16.5. The van der Waals surface area contributed by atoms with Crippen LogP contribution in [0.1, 0.15) is 30.4 Å². The van der Waals surface area contributed by atoms with Crippen molar-refractivity contribution in [3.8, 4) is 11.5 Å². The molecule has 4 atom stereocenters. The topological polar surface area (TPSA) is 119 Å². The Kier molecular flexibility index (Phi) is 10.8. The molecule has 8 nitrogen and oxygen atoms in total. The summed E-state index contributed by atoms with van der Waals surface area (Å²) in [6.07, 6.45) is 1.94. The van der Waals surface area contributed by atoms with E-state index in [4.69, 9.17) is 4.74 Å². The Morgan fingerprint density at radius 3 is 2.15 bits per heavy atom. The highest BCUT2D eigenvalue weighted by molar-refractivity contribution is 6.22. The number of imide groups is 1. The Hall–Kier alpha value is -5.96. The van der Waals surface area contributed by atoms with Crippen LogP contribution in [0.3, 0.4) is 0 Å². The number of nitrogens with one attached hydrogen (secondary N) is 1. The molecule has 0 spiro atoms. The monoisotopic (exact) mass is 706 g/mol. The van der Waals surface area contributed by atoms with Crippen molar-refractivity contribution in [2.45, 2.75) is 25.4 Å². The molecule has 268 valence electrons. The average molecular weight is 707 g/mol. The number of para-hydroxylation sites is 2. The third-order valence-corrected chi connectivity index (χ3v) is 10.1. The third kappa shape index (κ3) is 7.94. The van der Waals surface area contributed by atoms with Crippen LogP contribution in [0.25, 0.3) is 11.6 Å². The maximum atomic E-state index is 14.2. The van der Waals surface area contributed by atoms with Gasteiger partial charge in [0, 0.05) is 17.3 Å². The van der Waals surface area contributed by atoms with E-state index >= 15 is 0 Å². The number of ether oxygens (including phenoxy) is 1. The molecule has 0 unspecified atom stereocenters. The van der Waals surface area contributed by atoms with Crippen molar-refractivity contribution in [3.63, 3.8) is 0 Å². The van der Waals surface area contributed by atoms with Crippen molar-refractivity contribution in [3.05, 3.63) is 162 Å². The zero-order valence-electron chi connectivity index (χ0n) is 29.2. The molecular weight excluding hydrogens is 665 g/mol. The highest BCUT2D eigenvalue weighted by Crippen LogP contribution is 2.47. The number of phenols is 1. The number of aliphatic hydroxyl groups excluding tert-OH is 2. The van der Waals surface area contributed by atoms with Crippen LogP contribution in [-0.4, -0.2) is 46.5 Å². The van der Waals surface area contributed by atoms with Crippen LogP contribution in [-0.2, 0) is 9.59 Å². The standard InChI is InChI=1S/C45H42N2O6/c48-28-40-42(41(50)24-19-32(31-12-4-1-5-13-31)25-30-11-10-16-37(49)26-30)33(29-53-38-17-8-3-9-18-38)27-39-43(40)45(52)47(44(39)51)36-22-20-35(21-23-36)46-34-14-6-2-7-15-34/h1-18,20-23,25-26,39-41,43,46,48-50H,19,24,27-29H2/b32-25-/t39-,40+,41-,43-/m1/s1. The van der Waals surface area contributed by atoms with Gasteiger partial charge in [0.25, 0.3) is 0 Å². The molecule has 0 saturated carbocycles. The summed E-state index contributed by atoms with van der Waals surface area (Å²) in [6, 6.07) is 43.0. The molecule has 5 aromatic rings. The van der Waals surface area contributed by atoms with Gasteiger partial charge in [0.15, 0.2) is 0 Å². The van der Waals surface area contributed by atoms with Crippen molar-refractivity contribution in [1.82, 2.24) is 0 Å². The van der Waals surface area contributed by atoms with Gasteiger partial charge < -0.3 is 25.4 Å². The fraction of sp³-hybridized carbons (Fsp3) is 0.200. The van der Waals surface area contributed by atoms with Gasteiger partial charge in [0.1, 0.15) is 18.1 Å². The summed E-state index contributed by atoms with van der Waals surface area (Å²) in [4.78, 5) is 29.6. The number of rotatable bonds is 13. The van der Waals surface area contributed by atoms with Gasteiger partial charge >= 0.3 is 0 Å². The van der Waals surface area contributed by atoms with Crippen LogP contribution >= 0.6 is 0 Å². The highest BCUT2D eigenvalue weighted by Gasteiger charge is 2.55. The first kappa shape index (κ1) is 35.4. The SMILES string of the molecule is O=C1[C@@H]2[C@@H](CC(COc3ccccc3)=C([C@H](O)CC/C(=C/c3cccc(O)c3)c3ccccc3)[C@@H]2CO)C(=O)N1c1ccc(Nc2ccccc2)cc1. The molecule has 53 heavy (non-hydrogen) atoms. The molecule has 0 bridgehead atoms. The minimum absolute atomic E-state index is 0.0993. The summed E-state index contributed by atoms with van der Waals surface area (Å²) in [5, 5.41) is 36.4.